The molecule has 0 aliphatic rings. The minimum atomic E-state index is -0.0417. The van der Waals surface area contributed by atoms with E-state index in [0.29, 0.717) is 11.4 Å². The van der Waals surface area contributed by atoms with Gasteiger partial charge < -0.3 is 30.8 Å². The molecule has 0 atom stereocenters. The van der Waals surface area contributed by atoms with E-state index < -0.39 is 0 Å². The summed E-state index contributed by atoms with van der Waals surface area (Å²) in [4.78, 5) is 5.70. The van der Waals surface area contributed by atoms with Crippen LogP contribution < -0.4 is 10.6 Å². The molecule has 6 rings (SSSR count). The van der Waals surface area contributed by atoms with E-state index in [1.165, 1.54) is 0 Å². The van der Waals surface area contributed by atoms with Gasteiger partial charge in [-0.05, 0) is 98.9 Å². The molecule has 0 spiro atoms. The first kappa shape index (κ1) is 32.9. The normalized spacial score (nSPS) is 11.2. The van der Waals surface area contributed by atoms with Crippen LogP contribution in [0.4, 0.5) is 22.7 Å². The smallest absolute Gasteiger partial charge is 0.218 e. The molecule has 0 fully saturated rings. The molecule has 0 aliphatic carbocycles. The number of aromatic hydroxyl groups is 2. The molecule has 46 heavy (non-hydrogen) atoms. The lowest BCUT2D eigenvalue weighted by molar-refractivity contribution is 0.459. The summed E-state index contributed by atoms with van der Waals surface area (Å²) in [5.74, 6) is -0.0834. The van der Waals surface area contributed by atoms with Crippen LogP contribution in [0, 0.1) is 13.8 Å². The van der Waals surface area contributed by atoms with Crippen molar-refractivity contribution in [2.45, 2.75) is 13.8 Å². The topological polar surface area (TPSA) is 146 Å². The zero-order chi connectivity index (χ0) is 32.8. The molecule has 0 bridgehead atoms. The number of rotatable bonds is 4. The highest BCUT2D eigenvalue weighted by Crippen LogP contribution is 2.38. The molecule has 0 radical (unpaired) electrons. The van der Waals surface area contributed by atoms with Gasteiger partial charge in [-0.3, -0.25) is 0 Å². The first-order chi connectivity index (χ1) is 22.0. The second-order valence-corrected chi connectivity index (χ2v) is 12.6. The quantitative estimate of drug-likeness (QED) is 0.0776. The largest absolute Gasteiger partial charge is 0.493 e. The van der Waals surface area contributed by atoms with E-state index in [4.69, 9.17) is 24.4 Å². The van der Waals surface area contributed by atoms with Crippen molar-refractivity contribution < 1.29 is 10.2 Å². The summed E-state index contributed by atoms with van der Waals surface area (Å²) in [5, 5.41) is 44.0. The Kier molecular flexibility index (Phi) is 10.5. The Morgan fingerprint density at radius 3 is 1.35 bits per heavy atom. The van der Waals surface area contributed by atoms with Crippen LogP contribution in [0.1, 0.15) is 11.1 Å². The molecule has 14 heteroatoms. The number of aromatic nitrogens is 2. The van der Waals surface area contributed by atoms with Crippen molar-refractivity contribution in [1.82, 2.24) is 9.97 Å². The molecule has 0 unspecified atom stereocenters. The first-order valence-corrected chi connectivity index (χ1v) is 16.0. The van der Waals surface area contributed by atoms with Gasteiger partial charge in [-0.2, -0.15) is 0 Å². The number of aromatic amines is 2. The maximum atomic E-state index is 9.97. The number of benzene rings is 4. The average Bonchev–Trinajstić information content (AvgIpc) is 3.51. The van der Waals surface area contributed by atoms with E-state index in [0.717, 1.165) is 53.3 Å². The fourth-order valence-corrected chi connectivity index (χ4v) is 5.27. The first-order valence-electron chi connectivity index (χ1n) is 13.6. The fourth-order valence-electron chi connectivity index (χ4n) is 4.24. The van der Waals surface area contributed by atoms with Crippen LogP contribution in [0.25, 0.3) is 21.8 Å². The van der Waals surface area contributed by atoms with E-state index in [9.17, 15) is 10.2 Å². The highest BCUT2D eigenvalue weighted by atomic mass is 79.9. The fraction of sp³-hybridized carbons (Fsp3) is 0.0625. The Balaban J connectivity index is 0.000000181. The second-order valence-electron chi connectivity index (χ2n) is 10.0. The van der Waals surface area contributed by atoms with Gasteiger partial charge in [0.25, 0.3) is 0 Å². The Morgan fingerprint density at radius 1 is 0.609 bits per heavy atom. The maximum absolute atomic E-state index is 9.97. The molecule has 6 N–H and O–H groups in total. The molecular formula is C32H26Br2N8O2S2. The summed E-state index contributed by atoms with van der Waals surface area (Å²) in [5.41, 5.74) is 6.27. The summed E-state index contributed by atoms with van der Waals surface area (Å²) in [6, 6.07) is 26.7. The Morgan fingerprint density at radius 2 is 0.978 bits per heavy atom. The van der Waals surface area contributed by atoms with Crippen LogP contribution in [-0.4, -0.2) is 30.4 Å². The van der Waals surface area contributed by atoms with Gasteiger partial charge in [0.1, 0.15) is 0 Å². The van der Waals surface area contributed by atoms with Crippen molar-refractivity contribution in [3.05, 3.63) is 105 Å². The minimum absolute atomic E-state index is 0.0417. The van der Waals surface area contributed by atoms with Gasteiger partial charge in [0.15, 0.2) is 11.4 Å². The highest BCUT2D eigenvalue weighted by molar-refractivity contribution is 9.10. The summed E-state index contributed by atoms with van der Waals surface area (Å²) >= 11 is 17.1. The molecule has 0 saturated carbocycles. The van der Waals surface area contributed by atoms with E-state index in [2.05, 4.69) is 72.9 Å². The summed E-state index contributed by atoms with van der Waals surface area (Å²) < 4.78 is 1.78. The summed E-state index contributed by atoms with van der Waals surface area (Å²) in [7, 11) is 0. The number of anilines is 2. The molecule has 4 aromatic carbocycles. The average molecular weight is 779 g/mol. The van der Waals surface area contributed by atoms with Crippen molar-refractivity contribution in [3.63, 3.8) is 0 Å². The van der Waals surface area contributed by atoms with Gasteiger partial charge in [-0.1, -0.05) is 67.3 Å². The number of H-pyrrole nitrogens is 2. The SMILES string of the molecule is Cc1ccc(NC(=S)N=Nc2c(O)[nH]c3ccc(Br)cc23)cc1.Cc1ccc(NC(=S)N=Nc2c(O)[nH]c3ccc(Br)cc23)cc1. The molecule has 6 aromatic rings. The number of nitrogens with zero attached hydrogens (tertiary/aromatic N) is 4. The van der Waals surface area contributed by atoms with Crippen LogP contribution in [0.2, 0.25) is 0 Å². The zero-order valence-corrected chi connectivity index (χ0v) is 29.1. The molecule has 0 aliphatic heterocycles. The number of hydrogen-bond donors (Lipinski definition) is 6. The zero-order valence-electron chi connectivity index (χ0n) is 24.3. The Labute approximate surface area is 291 Å². The third-order valence-electron chi connectivity index (χ3n) is 6.52. The summed E-state index contributed by atoms with van der Waals surface area (Å²) in [6.07, 6.45) is 0. The third-order valence-corrected chi connectivity index (χ3v) is 7.87. The van der Waals surface area contributed by atoms with Gasteiger partial charge in [0.2, 0.25) is 22.0 Å². The van der Waals surface area contributed by atoms with Crippen LogP contribution >= 0.6 is 56.3 Å². The minimum Gasteiger partial charge on any atom is -0.493 e. The van der Waals surface area contributed by atoms with E-state index in [1.54, 1.807) is 0 Å². The number of hydrogen-bond acceptors (Lipinski definition) is 6. The molecular weight excluding hydrogens is 752 g/mol. The van der Waals surface area contributed by atoms with Gasteiger partial charge in [-0.15, -0.1) is 20.5 Å². The van der Waals surface area contributed by atoms with E-state index in [-0.39, 0.29) is 22.0 Å². The lowest BCUT2D eigenvalue weighted by Gasteiger charge is -2.03. The van der Waals surface area contributed by atoms with Gasteiger partial charge in [0.05, 0.1) is 11.0 Å². The number of nitrogens with one attached hydrogen (secondary N) is 4. The van der Waals surface area contributed by atoms with Crippen molar-refractivity contribution in [1.29, 1.82) is 0 Å². The molecule has 0 amide bonds. The monoisotopic (exact) mass is 776 g/mol. The third kappa shape index (κ3) is 8.40. The van der Waals surface area contributed by atoms with Crippen molar-refractivity contribution in [2.75, 3.05) is 10.6 Å². The molecule has 0 saturated heterocycles. The van der Waals surface area contributed by atoms with E-state index in [1.807, 2.05) is 98.8 Å². The molecule has 232 valence electrons. The number of aryl methyl sites for hydroxylation is 2. The van der Waals surface area contributed by atoms with Crippen LogP contribution in [0.15, 0.2) is 114 Å². The molecule has 2 aromatic heterocycles. The molecule has 2 heterocycles. The maximum Gasteiger partial charge on any atom is 0.218 e. The predicted octanol–water partition coefficient (Wildman–Crippen LogP) is 10.9. The number of thiocarbonyl (C=S) groups is 2. The summed E-state index contributed by atoms with van der Waals surface area (Å²) in [6.45, 7) is 4.03. The standard InChI is InChI=1S/2C16H13BrN4OS/c2*1-9-2-5-11(6-3-9)18-16(23)21-20-14-12-8-10(17)4-7-13(12)19-15(14)22/h2*2-8,19,22H,1H3,(H,18,23). The Hall–Kier alpha value is -4.50. The van der Waals surface area contributed by atoms with E-state index >= 15 is 0 Å². The van der Waals surface area contributed by atoms with Gasteiger partial charge in [0, 0.05) is 31.1 Å². The molecule has 10 nitrogen and oxygen atoms in total. The van der Waals surface area contributed by atoms with Gasteiger partial charge >= 0.3 is 0 Å². The highest BCUT2D eigenvalue weighted by Gasteiger charge is 2.12. The number of halogens is 2. The van der Waals surface area contributed by atoms with Crippen molar-refractivity contribution in [2.24, 2.45) is 20.5 Å². The number of azo groups is 2. The van der Waals surface area contributed by atoms with Crippen molar-refractivity contribution >= 4 is 111 Å². The van der Waals surface area contributed by atoms with Crippen molar-refractivity contribution in [3.8, 4) is 11.8 Å². The Bertz CT molecular complexity index is 1960. The number of fused-ring (bicyclic) bond motifs is 2. The van der Waals surface area contributed by atoms with Crippen LogP contribution in [-0.2, 0) is 0 Å². The lowest BCUT2D eigenvalue weighted by atomic mass is 10.2. The lowest BCUT2D eigenvalue weighted by Crippen LogP contribution is -2.04. The van der Waals surface area contributed by atoms with Crippen LogP contribution in [0.5, 0.6) is 11.8 Å². The van der Waals surface area contributed by atoms with Crippen LogP contribution in [0.3, 0.4) is 0 Å². The second kappa shape index (κ2) is 14.7. The van der Waals surface area contributed by atoms with Gasteiger partial charge in [-0.25, -0.2) is 0 Å². The predicted molar refractivity (Wildman–Crippen MR) is 199 cm³/mol.